The predicted molar refractivity (Wildman–Crippen MR) is 125 cm³/mol. The van der Waals surface area contributed by atoms with Crippen LogP contribution in [0.2, 0.25) is 5.02 Å². The van der Waals surface area contributed by atoms with Gasteiger partial charge in [-0.25, -0.2) is 4.79 Å². The van der Waals surface area contributed by atoms with E-state index in [1.165, 1.54) is 0 Å². The third-order valence-corrected chi connectivity index (χ3v) is 6.32. The Kier molecular flexibility index (Phi) is 6.37. The Balaban J connectivity index is 1.42. The van der Waals surface area contributed by atoms with Gasteiger partial charge in [0, 0.05) is 18.1 Å². The number of rotatable bonds is 7. The summed E-state index contributed by atoms with van der Waals surface area (Å²) in [5.74, 6) is -0.831. The van der Waals surface area contributed by atoms with E-state index in [-0.39, 0.29) is 12.5 Å². The lowest BCUT2D eigenvalue weighted by molar-refractivity contribution is -0.133. The SMILES string of the molecule is CC1(CCc2ccccc2)NC(=O)N(CC(=O)Nc2cc(Cl)ccc2N2CCCC2)C1=O. The quantitative estimate of drug-likeness (QED) is 0.623. The molecule has 0 bridgehead atoms. The van der Waals surface area contributed by atoms with E-state index >= 15 is 0 Å². The van der Waals surface area contributed by atoms with Gasteiger partial charge < -0.3 is 15.5 Å². The van der Waals surface area contributed by atoms with Crippen LogP contribution < -0.4 is 15.5 Å². The molecule has 2 aliphatic heterocycles. The number of aryl methyl sites for hydroxylation is 1. The van der Waals surface area contributed by atoms with E-state index < -0.39 is 17.5 Å². The molecule has 0 saturated carbocycles. The molecule has 2 fully saturated rings. The average molecular weight is 455 g/mol. The van der Waals surface area contributed by atoms with Crippen LogP contribution in [-0.2, 0) is 16.0 Å². The van der Waals surface area contributed by atoms with Crippen molar-refractivity contribution >= 4 is 40.8 Å². The van der Waals surface area contributed by atoms with Gasteiger partial charge in [-0.05, 0) is 56.4 Å². The summed E-state index contributed by atoms with van der Waals surface area (Å²) in [6, 6.07) is 14.6. The van der Waals surface area contributed by atoms with Crippen molar-refractivity contribution in [1.29, 1.82) is 0 Å². The highest BCUT2D eigenvalue weighted by molar-refractivity contribution is 6.31. The number of anilines is 2. The first-order valence-electron chi connectivity index (χ1n) is 10.9. The molecule has 1 unspecified atom stereocenters. The van der Waals surface area contributed by atoms with E-state index in [1.807, 2.05) is 36.4 Å². The average Bonchev–Trinajstić information content (AvgIpc) is 3.37. The largest absolute Gasteiger partial charge is 0.370 e. The van der Waals surface area contributed by atoms with Crippen molar-refractivity contribution in [1.82, 2.24) is 10.2 Å². The molecule has 2 aromatic rings. The Hall–Kier alpha value is -3.06. The van der Waals surface area contributed by atoms with Gasteiger partial charge in [-0.15, -0.1) is 0 Å². The van der Waals surface area contributed by atoms with Crippen LogP contribution >= 0.6 is 11.6 Å². The fourth-order valence-electron chi connectivity index (χ4n) is 4.27. The maximum absolute atomic E-state index is 13.0. The molecule has 2 aliphatic rings. The molecule has 2 saturated heterocycles. The van der Waals surface area contributed by atoms with Crippen LogP contribution in [0, 0.1) is 0 Å². The smallest absolute Gasteiger partial charge is 0.325 e. The van der Waals surface area contributed by atoms with Gasteiger partial charge in [-0.3, -0.25) is 14.5 Å². The van der Waals surface area contributed by atoms with Gasteiger partial charge in [0.2, 0.25) is 5.91 Å². The first kappa shape index (κ1) is 22.1. The molecule has 1 atom stereocenters. The first-order valence-corrected chi connectivity index (χ1v) is 11.3. The minimum absolute atomic E-state index is 0.350. The van der Waals surface area contributed by atoms with Crippen molar-refractivity contribution in [2.45, 2.75) is 38.1 Å². The highest BCUT2D eigenvalue weighted by Crippen LogP contribution is 2.32. The summed E-state index contributed by atoms with van der Waals surface area (Å²) in [6.45, 7) is 3.18. The second kappa shape index (κ2) is 9.20. The molecule has 0 spiro atoms. The van der Waals surface area contributed by atoms with Crippen molar-refractivity contribution in [3.8, 4) is 0 Å². The molecule has 4 rings (SSSR count). The number of nitrogens with one attached hydrogen (secondary N) is 2. The summed E-state index contributed by atoms with van der Waals surface area (Å²) in [5.41, 5.74) is 1.53. The van der Waals surface area contributed by atoms with Crippen LogP contribution in [0.1, 0.15) is 31.7 Å². The molecule has 7 nitrogen and oxygen atoms in total. The number of urea groups is 1. The Morgan fingerprint density at radius 3 is 2.56 bits per heavy atom. The number of imide groups is 1. The van der Waals surface area contributed by atoms with E-state index in [0.29, 0.717) is 23.6 Å². The third kappa shape index (κ3) is 4.72. The molecule has 0 radical (unpaired) electrons. The lowest BCUT2D eigenvalue weighted by Crippen LogP contribution is -2.45. The number of amides is 4. The minimum atomic E-state index is -1.04. The summed E-state index contributed by atoms with van der Waals surface area (Å²) in [4.78, 5) is 41.5. The monoisotopic (exact) mass is 454 g/mol. The van der Waals surface area contributed by atoms with Crippen LogP contribution in [0.4, 0.5) is 16.2 Å². The Morgan fingerprint density at radius 1 is 1.12 bits per heavy atom. The molecule has 0 aromatic heterocycles. The lowest BCUT2D eigenvalue weighted by atomic mass is 9.93. The first-order chi connectivity index (χ1) is 15.4. The zero-order valence-electron chi connectivity index (χ0n) is 18.1. The van der Waals surface area contributed by atoms with Gasteiger partial charge in [0.15, 0.2) is 0 Å². The van der Waals surface area contributed by atoms with Crippen LogP contribution in [0.25, 0.3) is 0 Å². The molecule has 32 heavy (non-hydrogen) atoms. The third-order valence-electron chi connectivity index (χ3n) is 6.08. The summed E-state index contributed by atoms with van der Waals surface area (Å²) < 4.78 is 0. The summed E-state index contributed by atoms with van der Waals surface area (Å²) >= 11 is 6.15. The van der Waals surface area contributed by atoms with E-state index in [4.69, 9.17) is 11.6 Å². The molecule has 0 aliphatic carbocycles. The molecule has 168 valence electrons. The number of carbonyl (C=O) groups is 3. The van der Waals surface area contributed by atoms with E-state index in [9.17, 15) is 14.4 Å². The Bertz CT molecular complexity index is 1020. The van der Waals surface area contributed by atoms with Crippen LogP contribution in [-0.4, -0.2) is 47.9 Å². The maximum Gasteiger partial charge on any atom is 0.325 e. The van der Waals surface area contributed by atoms with Gasteiger partial charge in [-0.1, -0.05) is 41.9 Å². The molecular weight excluding hydrogens is 428 g/mol. The predicted octanol–water partition coefficient (Wildman–Crippen LogP) is 3.82. The number of nitrogens with zero attached hydrogens (tertiary/aromatic N) is 2. The molecule has 2 heterocycles. The zero-order chi connectivity index (χ0) is 22.7. The fourth-order valence-corrected chi connectivity index (χ4v) is 4.45. The van der Waals surface area contributed by atoms with Crippen molar-refractivity contribution in [2.75, 3.05) is 29.9 Å². The number of benzene rings is 2. The molecule has 8 heteroatoms. The highest BCUT2D eigenvalue weighted by Gasteiger charge is 2.47. The molecule has 2 aromatic carbocycles. The number of carbonyl (C=O) groups excluding carboxylic acids is 3. The Labute approximate surface area is 192 Å². The normalized spacial score (nSPS) is 20.6. The van der Waals surface area contributed by atoms with Crippen molar-refractivity contribution in [3.63, 3.8) is 0 Å². The highest BCUT2D eigenvalue weighted by atomic mass is 35.5. The summed E-state index contributed by atoms with van der Waals surface area (Å²) in [6.07, 6.45) is 3.29. The minimum Gasteiger partial charge on any atom is -0.370 e. The standard InChI is InChI=1S/C24H27ClN4O3/c1-24(12-11-17-7-3-2-4-8-17)22(31)29(23(32)27-24)16-21(30)26-19-15-18(25)9-10-20(19)28-13-5-6-14-28/h2-4,7-10,15H,5-6,11-14,16H2,1H3,(H,26,30)(H,27,32). The molecule has 4 amide bonds. The molecule has 2 N–H and O–H groups in total. The van der Waals surface area contributed by atoms with Crippen molar-refractivity contribution in [2.24, 2.45) is 0 Å². The van der Waals surface area contributed by atoms with Gasteiger partial charge in [-0.2, -0.15) is 0 Å². The van der Waals surface area contributed by atoms with Gasteiger partial charge in [0.05, 0.1) is 11.4 Å². The number of hydrogen-bond donors (Lipinski definition) is 2. The van der Waals surface area contributed by atoms with Crippen LogP contribution in [0.3, 0.4) is 0 Å². The topological polar surface area (TPSA) is 81.8 Å². The summed E-state index contributed by atoms with van der Waals surface area (Å²) in [5, 5.41) is 6.11. The fraction of sp³-hybridized carbons (Fsp3) is 0.375. The van der Waals surface area contributed by atoms with Crippen molar-refractivity contribution in [3.05, 3.63) is 59.1 Å². The maximum atomic E-state index is 13.0. The van der Waals surface area contributed by atoms with E-state index in [1.54, 1.807) is 19.1 Å². The van der Waals surface area contributed by atoms with Crippen LogP contribution in [0.5, 0.6) is 0 Å². The van der Waals surface area contributed by atoms with Gasteiger partial charge in [0.25, 0.3) is 5.91 Å². The molecular formula is C24H27ClN4O3. The lowest BCUT2D eigenvalue weighted by Gasteiger charge is -2.23. The van der Waals surface area contributed by atoms with E-state index in [2.05, 4.69) is 15.5 Å². The van der Waals surface area contributed by atoms with E-state index in [0.717, 1.165) is 42.1 Å². The second-order valence-corrected chi connectivity index (χ2v) is 8.98. The van der Waals surface area contributed by atoms with Crippen LogP contribution in [0.15, 0.2) is 48.5 Å². The zero-order valence-corrected chi connectivity index (χ0v) is 18.8. The second-order valence-electron chi connectivity index (χ2n) is 8.54. The Morgan fingerprint density at radius 2 is 1.84 bits per heavy atom. The van der Waals surface area contributed by atoms with Gasteiger partial charge in [0.1, 0.15) is 12.1 Å². The van der Waals surface area contributed by atoms with Gasteiger partial charge >= 0.3 is 6.03 Å². The van der Waals surface area contributed by atoms with Crippen molar-refractivity contribution < 1.29 is 14.4 Å². The number of hydrogen-bond acceptors (Lipinski definition) is 4. The number of halogens is 1. The summed E-state index contributed by atoms with van der Waals surface area (Å²) in [7, 11) is 0.